The zero-order valence-corrected chi connectivity index (χ0v) is 18.1. The van der Waals surface area contributed by atoms with Gasteiger partial charge in [-0.2, -0.15) is 5.26 Å². The number of nitrogens with one attached hydrogen (secondary N) is 2. The number of nitriles is 1. The van der Waals surface area contributed by atoms with E-state index >= 15 is 0 Å². The van der Waals surface area contributed by atoms with Crippen LogP contribution in [0.4, 0.5) is 0 Å². The van der Waals surface area contributed by atoms with Gasteiger partial charge in [-0.3, -0.25) is 9.59 Å². The second-order valence-corrected chi connectivity index (χ2v) is 7.50. The summed E-state index contributed by atoms with van der Waals surface area (Å²) in [6, 6.07) is 27.4. The van der Waals surface area contributed by atoms with Gasteiger partial charge in [0.25, 0.3) is 11.8 Å². The fourth-order valence-corrected chi connectivity index (χ4v) is 3.25. The maximum Gasteiger partial charge on any atom is 0.257 e. The molecule has 2 amide bonds. The van der Waals surface area contributed by atoms with Gasteiger partial charge in [0.1, 0.15) is 5.57 Å². The molecule has 0 spiro atoms. The highest BCUT2D eigenvalue weighted by atomic mass is 16.2. The lowest BCUT2D eigenvalue weighted by Crippen LogP contribution is -2.36. The Bertz CT molecular complexity index is 1070. The van der Waals surface area contributed by atoms with Crippen LogP contribution in [0, 0.1) is 11.3 Å². The van der Waals surface area contributed by atoms with Crippen molar-refractivity contribution in [3.63, 3.8) is 0 Å². The van der Waals surface area contributed by atoms with Crippen molar-refractivity contribution in [2.75, 3.05) is 0 Å². The molecule has 0 aliphatic heterocycles. The Labute approximate surface area is 188 Å². The van der Waals surface area contributed by atoms with Gasteiger partial charge in [-0.05, 0) is 48.7 Å². The molecule has 3 aromatic carbocycles. The first-order valence-corrected chi connectivity index (χ1v) is 10.4. The van der Waals surface area contributed by atoms with Crippen LogP contribution < -0.4 is 10.6 Å². The molecule has 3 aromatic rings. The van der Waals surface area contributed by atoms with E-state index < -0.39 is 11.8 Å². The highest BCUT2D eigenvalue weighted by Gasteiger charge is 2.22. The number of nitrogens with zero attached hydrogens (tertiary/aromatic N) is 1. The second kappa shape index (κ2) is 10.7. The van der Waals surface area contributed by atoms with E-state index in [0.717, 1.165) is 11.1 Å². The minimum Gasteiger partial charge on any atom is -0.345 e. The summed E-state index contributed by atoms with van der Waals surface area (Å²) in [4.78, 5) is 26.2. The van der Waals surface area contributed by atoms with Gasteiger partial charge in [0.15, 0.2) is 0 Å². The van der Waals surface area contributed by atoms with Crippen LogP contribution in [-0.4, -0.2) is 11.8 Å². The van der Waals surface area contributed by atoms with E-state index in [1.54, 1.807) is 30.3 Å². The largest absolute Gasteiger partial charge is 0.345 e. The number of rotatable bonds is 7. The normalized spacial score (nSPS) is 12.8. The van der Waals surface area contributed by atoms with E-state index in [-0.39, 0.29) is 17.7 Å². The third-order valence-corrected chi connectivity index (χ3v) is 5.13. The van der Waals surface area contributed by atoms with E-state index in [0.29, 0.717) is 11.1 Å². The third kappa shape index (κ3) is 5.93. The molecule has 5 heteroatoms. The summed E-state index contributed by atoms with van der Waals surface area (Å²) < 4.78 is 0. The standard InChI is InChI=1S/C27H25N3O2/c1-19(23-9-5-3-6-10-23)29-26(31)25(17-21-13-15-22(18-28)16-14-21)27(32)30-20(2)24-11-7-4-8-12-24/h3-17,19-20H,1-2H3,(H,29,31)(H,30,32)/t19-,20+. The van der Waals surface area contributed by atoms with Crippen LogP contribution in [0.25, 0.3) is 6.08 Å². The van der Waals surface area contributed by atoms with Crippen molar-refractivity contribution >= 4 is 17.9 Å². The van der Waals surface area contributed by atoms with Crippen LogP contribution in [0.15, 0.2) is 90.5 Å². The van der Waals surface area contributed by atoms with Crippen molar-refractivity contribution in [3.8, 4) is 6.07 Å². The Morgan fingerprint density at radius 1 is 0.750 bits per heavy atom. The zero-order valence-electron chi connectivity index (χ0n) is 18.1. The van der Waals surface area contributed by atoms with Gasteiger partial charge in [-0.25, -0.2) is 0 Å². The van der Waals surface area contributed by atoms with Crippen molar-refractivity contribution in [2.24, 2.45) is 0 Å². The van der Waals surface area contributed by atoms with Crippen LogP contribution in [0.2, 0.25) is 0 Å². The summed E-state index contributed by atoms with van der Waals surface area (Å²) in [5, 5.41) is 14.8. The van der Waals surface area contributed by atoms with Gasteiger partial charge in [-0.15, -0.1) is 0 Å². The number of amides is 2. The highest BCUT2D eigenvalue weighted by molar-refractivity contribution is 6.21. The van der Waals surface area contributed by atoms with Crippen molar-refractivity contribution in [3.05, 3.63) is 113 Å². The Kier molecular flexibility index (Phi) is 7.55. The van der Waals surface area contributed by atoms with E-state index in [1.165, 1.54) is 0 Å². The van der Waals surface area contributed by atoms with Crippen molar-refractivity contribution in [2.45, 2.75) is 25.9 Å². The molecule has 0 saturated heterocycles. The average Bonchev–Trinajstić information content (AvgIpc) is 2.83. The van der Waals surface area contributed by atoms with E-state index in [9.17, 15) is 9.59 Å². The number of hydrogen-bond acceptors (Lipinski definition) is 3. The molecule has 160 valence electrons. The fourth-order valence-electron chi connectivity index (χ4n) is 3.25. The molecular formula is C27H25N3O2. The molecule has 0 saturated carbocycles. The Morgan fingerprint density at radius 3 is 1.59 bits per heavy atom. The van der Waals surface area contributed by atoms with Crippen LogP contribution in [0.3, 0.4) is 0 Å². The summed E-state index contributed by atoms with van der Waals surface area (Å²) in [5.74, 6) is -0.938. The zero-order chi connectivity index (χ0) is 22.9. The fraction of sp³-hybridized carbons (Fsp3) is 0.148. The monoisotopic (exact) mass is 423 g/mol. The minimum atomic E-state index is -0.469. The van der Waals surface area contributed by atoms with Gasteiger partial charge in [0.05, 0.1) is 23.7 Å². The van der Waals surface area contributed by atoms with E-state index in [1.807, 2.05) is 74.5 Å². The molecule has 0 aromatic heterocycles. The van der Waals surface area contributed by atoms with Crippen molar-refractivity contribution < 1.29 is 9.59 Å². The first-order chi connectivity index (χ1) is 15.5. The Balaban J connectivity index is 1.86. The molecule has 0 unspecified atom stereocenters. The average molecular weight is 424 g/mol. The molecule has 0 fully saturated rings. The molecule has 2 N–H and O–H groups in total. The highest BCUT2D eigenvalue weighted by Crippen LogP contribution is 2.16. The maximum atomic E-state index is 13.1. The Morgan fingerprint density at radius 2 is 1.19 bits per heavy atom. The molecule has 0 aliphatic rings. The smallest absolute Gasteiger partial charge is 0.257 e. The van der Waals surface area contributed by atoms with Crippen LogP contribution in [0.1, 0.15) is 48.2 Å². The summed E-state index contributed by atoms with van der Waals surface area (Å²) in [6.45, 7) is 3.74. The molecule has 0 bridgehead atoms. The molecule has 0 heterocycles. The quantitative estimate of drug-likeness (QED) is 0.328. The maximum absolute atomic E-state index is 13.1. The SMILES string of the molecule is C[C@H](NC(=O)C(=Cc1ccc(C#N)cc1)C(=O)N[C@H](C)c1ccccc1)c1ccccc1. The van der Waals surface area contributed by atoms with Gasteiger partial charge >= 0.3 is 0 Å². The first-order valence-electron chi connectivity index (χ1n) is 10.4. The van der Waals surface area contributed by atoms with Gasteiger partial charge in [0.2, 0.25) is 0 Å². The summed E-state index contributed by atoms with van der Waals surface area (Å²) in [7, 11) is 0. The molecule has 2 atom stereocenters. The van der Waals surface area contributed by atoms with Gasteiger partial charge in [0, 0.05) is 0 Å². The van der Waals surface area contributed by atoms with E-state index in [2.05, 4.69) is 16.7 Å². The van der Waals surface area contributed by atoms with E-state index in [4.69, 9.17) is 5.26 Å². The minimum absolute atomic E-state index is 0.000250. The molecule has 3 rings (SSSR count). The number of carbonyl (C=O) groups excluding carboxylic acids is 2. The lowest BCUT2D eigenvalue weighted by Gasteiger charge is -2.18. The van der Waals surface area contributed by atoms with Crippen LogP contribution >= 0.6 is 0 Å². The molecule has 0 aliphatic carbocycles. The first kappa shape index (κ1) is 22.5. The number of benzene rings is 3. The lowest BCUT2D eigenvalue weighted by molar-refractivity contribution is -0.124. The summed E-state index contributed by atoms with van der Waals surface area (Å²) in [6.07, 6.45) is 1.54. The lowest BCUT2D eigenvalue weighted by atomic mass is 10.0. The molecule has 5 nitrogen and oxygen atoms in total. The van der Waals surface area contributed by atoms with Crippen molar-refractivity contribution in [1.29, 1.82) is 5.26 Å². The summed E-state index contributed by atoms with van der Waals surface area (Å²) in [5.41, 5.74) is 3.05. The predicted molar refractivity (Wildman–Crippen MR) is 125 cm³/mol. The predicted octanol–water partition coefficient (Wildman–Crippen LogP) is 4.70. The van der Waals surface area contributed by atoms with Crippen LogP contribution in [0.5, 0.6) is 0 Å². The Hall–Kier alpha value is -4.17. The molecule has 0 radical (unpaired) electrons. The van der Waals surface area contributed by atoms with Gasteiger partial charge < -0.3 is 10.6 Å². The van der Waals surface area contributed by atoms with Gasteiger partial charge in [-0.1, -0.05) is 72.8 Å². The van der Waals surface area contributed by atoms with Crippen LogP contribution in [-0.2, 0) is 9.59 Å². The molecular weight excluding hydrogens is 398 g/mol. The van der Waals surface area contributed by atoms with Crippen molar-refractivity contribution in [1.82, 2.24) is 10.6 Å². The summed E-state index contributed by atoms with van der Waals surface area (Å²) >= 11 is 0. The number of hydrogen-bond donors (Lipinski definition) is 2. The topological polar surface area (TPSA) is 82.0 Å². The molecule has 32 heavy (non-hydrogen) atoms. The number of carbonyl (C=O) groups is 2. The third-order valence-electron chi connectivity index (χ3n) is 5.13. The second-order valence-electron chi connectivity index (χ2n) is 7.50.